The third kappa shape index (κ3) is 10.1. The van der Waals surface area contributed by atoms with Crippen molar-refractivity contribution in [1.82, 2.24) is 0 Å². The molecule has 0 bridgehead atoms. The Labute approximate surface area is 289 Å². The lowest BCUT2D eigenvalue weighted by Gasteiger charge is -2.36. The van der Waals surface area contributed by atoms with Gasteiger partial charge in [0, 0.05) is 30.7 Å². The van der Waals surface area contributed by atoms with E-state index in [1.807, 2.05) is 31.2 Å². The average Bonchev–Trinajstić information content (AvgIpc) is 2.95. The maximum atomic E-state index is 12.1. The zero-order valence-corrected chi connectivity index (χ0v) is 30.1. The highest BCUT2D eigenvalue weighted by molar-refractivity contribution is 9.11. The maximum Gasteiger partial charge on any atom is 0.350 e. The van der Waals surface area contributed by atoms with E-state index in [0.29, 0.717) is 29.4 Å². The Balaban J connectivity index is 2.85. The zero-order valence-electron chi connectivity index (χ0n) is 23.7. The van der Waals surface area contributed by atoms with Crippen molar-refractivity contribution in [3.8, 4) is 11.5 Å². The van der Waals surface area contributed by atoms with E-state index < -0.39 is 23.3 Å². The predicted octanol–water partition coefficient (Wildman–Crippen LogP) is 6.91. The van der Waals surface area contributed by atoms with Crippen LogP contribution in [0.2, 0.25) is 0 Å². The molecule has 0 saturated heterocycles. The molecule has 44 heavy (non-hydrogen) atoms. The first-order valence-electron chi connectivity index (χ1n) is 13.1. The first kappa shape index (κ1) is 37.8. The molecule has 0 heterocycles. The SMILES string of the molecule is C=CN=C(CC(CC(=NC=C)C(=O)O)CC(C)(c1cc(Br)c(OCCO)c(Br)c1)c1cc(Br)c(OCCO)c(Br)c1)C(=O)O. The summed E-state index contributed by atoms with van der Waals surface area (Å²) in [6.07, 6.45) is 2.34. The summed E-state index contributed by atoms with van der Waals surface area (Å²) < 4.78 is 13.8. The van der Waals surface area contributed by atoms with Crippen LogP contribution in [-0.2, 0) is 15.0 Å². The highest BCUT2D eigenvalue weighted by Crippen LogP contribution is 2.47. The largest absolute Gasteiger partial charge is 0.489 e. The highest BCUT2D eigenvalue weighted by Gasteiger charge is 2.36. The van der Waals surface area contributed by atoms with Crippen LogP contribution in [0.5, 0.6) is 11.5 Å². The summed E-state index contributed by atoms with van der Waals surface area (Å²) in [6, 6.07) is 7.44. The molecule has 0 spiro atoms. The summed E-state index contributed by atoms with van der Waals surface area (Å²) >= 11 is 14.3. The van der Waals surface area contributed by atoms with Crippen molar-refractivity contribution in [1.29, 1.82) is 0 Å². The van der Waals surface area contributed by atoms with E-state index in [0.717, 1.165) is 23.5 Å². The van der Waals surface area contributed by atoms with E-state index in [-0.39, 0.29) is 57.1 Å². The lowest BCUT2D eigenvalue weighted by atomic mass is 9.69. The van der Waals surface area contributed by atoms with Gasteiger partial charge in [-0.05, 0) is 111 Å². The number of hydrogen-bond acceptors (Lipinski definition) is 8. The molecule has 2 rings (SSSR count). The molecule has 2 aromatic carbocycles. The molecule has 0 unspecified atom stereocenters. The minimum atomic E-state index is -1.25. The molecule has 10 nitrogen and oxygen atoms in total. The Bertz CT molecular complexity index is 1300. The van der Waals surface area contributed by atoms with Crippen molar-refractivity contribution in [2.24, 2.45) is 15.9 Å². The number of aliphatic hydroxyl groups is 2. The van der Waals surface area contributed by atoms with Crippen molar-refractivity contribution in [2.75, 3.05) is 26.4 Å². The number of aliphatic imine (C=N–C) groups is 2. The Kier molecular flexibility index (Phi) is 15.4. The second-order valence-electron chi connectivity index (χ2n) is 9.62. The number of aliphatic hydroxyl groups excluding tert-OH is 2. The van der Waals surface area contributed by atoms with Crippen LogP contribution in [0.3, 0.4) is 0 Å². The molecule has 0 aliphatic carbocycles. The smallest absolute Gasteiger partial charge is 0.350 e. The first-order valence-corrected chi connectivity index (χ1v) is 16.3. The van der Waals surface area contributed by atoms with Gasteiger partial charge in [-0.1, -0.05) is 20.1 Å². The van der Waals surface area contributed by atoms with Crippen molar-refractivity contribution in [2.45, 2.75) is 31.6 Å². The lowest BCUT2D eigenvalue weighted by molar-refractivity contribution is -0.130. The van der Waals surface area contributed by atoms with Crippen LogP contribution in [-0.4, -0.2) is 70.2 Å². The van der Waals surface area contributed by atoms with Crippen LogP contribution < -0.4 is 9.47 Å². The van der Waals surface area contributed by atoms with Crippen molar-refractivity contribution in [3.63, 3.8) is 0 Å². The van der Waals surface area contributed by atoms with Crippen LogP contribution in [0.25, 0.3) is 0 Å². The summed E-state index contributed by atoms with van der Waals surface area (Å²) in [6.45, 7) is 8.79. The van der Waals surface area contributed by atoms with Crippen LogP contribution in [0.15, 0.2) is 77.7 Å². The maximum absolute atomic E-state index is 12.1. The molecule has 0 aliphatic heterocycles. The molecule has 2 aromatic rings. The number of nitrogens with zero attached hydrogens (tertiary/aromatic N) is 2. The fourth-order valence-corrected chi connectivity index (χ4v) is 7.51. The van der Waals surface area contributed by atoms with Gasteiger partial charge >= 0.3 is 11.9 Å². The lowest BCUT2D eigenvalue weighted by Crippen LogP contribution is -2.31. The monoisotopic (exact) mass is 864 g/mol. The molecule has 14 heteroatoms. The minimum absolute atomic E-state index is 0.0757. The third-order valence-electron chi connectivity index (χ3n) is 6.60. The Morgan fingerprint density at radius 3 is 1.41 bits per heavy atom. The topological polar surface area (TPSA) is 158 Å². The van der Waals surface area contributed by atoms with E-state index in [1.165, 1.54) is 0 Å². The van der Waals surface area contributed by atoms with Gasteiger partial charge in [-0.3, -0.25) is 9.98 Å². The number of carboxylic acids is 2. The molecule has 4 N–H and O–H groups in total. The number of ether oxygens (including phenoxy) is 2. The summed E-state index contributed by atoms with van der Waals surface area (Å²) in [5.41, 5.74) is 0.300. The summed E-state index contributed by atoms with van der Waals surface area (Å²) in [4.78, 5) is 32.0. The number of halogens is 4. The molecule has 0 aromatic heterocycles. The van der Waals surface area contributed by atoms with Crippen molar-refractivity contribution >= 4 is 87.1 Å². The van der Waals surface area contributed by atoms with Gasteiger partial charge < -0.3 is 29.9 Å². The average molecular weight is 868 g/mol. The van der Waals surface area contributed by atoms with E-state index in [2.05, 4.69) is 86.9 Å². The van der Waals surface area contributed by atoms with Crippen LogP contribution in [0.1, 0.15) is 37.3 Å². The predicted molar refractivity (Wildman–Crippen MR) is 183 cm³/mol. The normalized spacial score (nSPS) is 12.9. The van der Waals surface area contributed by atoms with Gasteiger partial charge in [0.1, 0.15) is 36.1 Å². The standard InChI is InChI=1S/C30H32Br4N2O8/c1-4-35-24(28(39)40)10-17(11-25(29(41)42)36-5-2)16-30(3,18-12-20(31)26(21(32)13-18)43-8-6-37)19-14-22(33)27(23(34)15-19)44-9-7-38/h4-5,12-15,17,37-38H,1-2,6-11,16H2,3H3,(H,39,40)(H,41,42). The number of rotatable bonds is 18. The Morgan fingerprint density at radius 1 is 0.795 bits per heavy atom. The highest BCUT2D eigenvalue weighted by atomic mass is 79.9. The number of aliphatic carboxylic acids is 2. The summed E-state index contributed by atoms with van der Waals surface area (Å²) in [5, 5.41) is 38.2. The summed E-state index contributed by atoms with van der Waals surface area (Å²) in [7, 11) is 0. The molecule has 0 amide bonds. The van der Waals surface area contributed by atoms with E-state index in [1.54, 1.807) is 0 Å². The van der Waals surface area contributed by atoms with Crippen LogP contribution in [0, 0.1) is 5.92 Å². The van der Waals surface area contributed by atoms with Gasteiger partial charge in [0.15, 0.2) is 0 Å². The fraction of sp³-hybridized carbons (Fsp3) is 0.333. The molecular weight excluding hydrogens is 836 g/mol. The zero-order chi connectivity index (χ0) is 33.0. The van der Waals surface area contributed by atoms with Gasteiger partial charge in [0.25, 0.3) is 0 Å². The number of carboxylic acid groups (broad SMARTS) is 2. The van der Waals surface area contributed by atoms with Crippen LogP contribution in [0.4, 0.5) is 0 Å². The molecular formula is C30H32Br4N2O8. The van der Waals surface area contributed by atoms with Gasteiger partial charge in [-0.2, -0.15) is 0 Å². The summed E-state index contributed by atoms with van der Waals surface area (Å²) in [5.74, 6) is -2.12. The second-order valence-corrected chi connectivity index (χ2v) is 13.0. The molecule has 0 saturated carbocycles. The second kappa shape index (κ2) is 18.0. The minimum Gasteiger partial charge on any atom is -0.489 e. The van der Waals surface area contributed by atoms with Crippen molar-refractivity contribution < 1.29 is 39.5 Å². The van der Waals surface area contributed by atoms with E-state index >= 15 is 0 Å². The third-order valence-corrected chi connectivity index (χ3v) is 8.95. The molecule has 0 atom stereocenters. The van der Waals surface area contributed by atoms with Gasteiger partial charge in [0.2, 0.25) is 0 Å². The van der Waals surface area contributed by atoms with Gasteiger partial charge in [0.05, 0.1) is 31.1 Å². The number of carbonyl (C=O) groups is 2. The number of benzene rings is 2. The van der Waals surface area contributed by atoms with E-state index in [9.17, 15) is 30.0 Å². The first-order chi connectivity index (χ1) is 20.8. The van der Waals surface area contributed by atoms with E-state index in [4.69, 9.17) is 9.47 Å². The molecule has 238 valence electrons. The Hall–Kier alpha value is -2.36. The Morgan fingerprint density at radius 2 is 1.14 bits per heavy atom. The molecule has 0 radical (unpaired) electrons. The van der Waals surface area contributed by atoms with Crippen LogP contribution >= 0.6 is 63.7 Å². The quantitative estimate of drug-likeness (QED) is 0.118. The van der Waals surface area contributed by atoms with Crippen molar-refractivity contribution in [3.05, 3.63) is 78.8 Å². The molecule has 0 aliphatic rings. The van der Waals surface area contributed by atoms with Gasteiger partial charge in [-0.25, -0.2) is 9.59 Å². The fourth-order valence-electron chi connectivity index (χ4n) is 4.68. The van der Waals surface area contributed by atoms with Gasteiger partial charge in [-0.15, -0.1) is 0 Å². The molecule has 0 fully saturated rings. The number of hydrogen-bond donors (Lipinski definition) is 4.